The molecule has 0 bridgehead atoms. The van der Waals surface area contributed by atoms with Crippen LogP contribution in [0.1, 0.15) is 25.8 Å². The van der Waals surface area contributed by atoms with Gasteiger partial charge in [0.25, 0.3) is 0 Å². The molecule has 3 heterocycles. The van der Waals surface area contributed by atoms with Crippen LogP contribution in [0.25, 0.3) is 32.9 Å². The number of nitrogens with one attached hydrogen (secondary N) is 2. The van der Waals surface area contributed by atoms with Crippen molar-refractivity contribution in [2.24, 2.45) is 0 Å². The van der Waals surface area contributed by atoms with Crippen LogP contribution < -0.4 is 10.2 Å². The number of morpholine rings is 1. The number of halogens is 1. The average molecular weight is 544 g/mol. The number of nitrogens with zero attached hydrogens (tertiary/aromatic N) is 3. The Labute approximate surface area is 231 Å². The zero-order valence-electron chi connectivity index (χ0n) is 21.7. The van der Waals surface area contributed by atoms with Crippen molar-refractivity contribution in [3.63, 3.8) is 0 Å². The van der Waals surface area contributed by atoms with Crippen molar-refractivity contribution < 1.29 is 4.74 Å². The highest BCUT2D eigenvalue weighted by molar-refractivity contribution is 7.22. The third-order valence-electron chi connectivity index (χ3n) is 6.96. The van der Waals surface area contributed by atoms with E-state index in [0.717, 1.165) is 79.5 Å². The number of aryl methyl sites for hydroxylation is 1. The van der Waals surface area contributed by atoms with Crippen LogP contribution in [-0.2, 0) is 4.74 Å². The third kappa shape index (κ3) is 5.01. The second-order valence-electron chi connectivity index (χ2n) is 9.84. The van der Waals surface area contributed by atoms with Crippen LogP contribution >= 0.6 is 22.9 Å². The maximum Gasteiger partial charge on any atom is 0.186 e. The van der Waals surface area contributed by atoms with Gasteiger partial charge in [0.2, 0.25) is 0 Å². The van der Waals surface area contributed by atoms with E-state index in [2.05, 4.69) is 77.4 Å². The molecule has 6 nitrogen and oxygen atoms in total. The second kappa shape index (κ2) is 10.4. The zero-order valence-corrected chi connectivity index (χ0v) is 23.2. The highest BCUT2D eigenvalue weighted by Crippen LogP contribution is 2.37. The van der Waals surface area contributed by atoms with Crippen LogP contribution in [0.4, 0.5) is 16.5 Å². The van der Waals surface area contributed by atoms with Crippen LogP contribution in [0.15, 0.2) is 66.9 Å². The first kappa shape index (κ1) is 24.9. The normalized spacial score (nSPS) is 17.7. The minimum atomic E-state index is 0.200. The highest BCUT2D eigenvalue weighted by Gasteiger charge is 2.26. The Hall–Kier alpha value is -3.39. The maximum atomic E-state index is 6.06. The molecule has 2 N–H and O–H groups in total. The lowest BCUT2D eigenvalue weighted by Crippen LogP contribution is -2.46. The third-order valence-corrected chi connectivity index (χ3v) is 8.38. The van der Waals surface area contributed by atoms with Crippen molar-refractivity contribution in [2.45, 2.75) is 39.4 Å². The molecule has 1 aliphatic rings. The Bertz CT molecular complexity index is 1580. The number of anilines is 3. The average Bonchev–Trinajstić information content (AvgIpc) is 3.58. The van der Waals surface area contributed by atoms with Crippen molar-refractivity contribution in [1.82, 2.24) is 15.0 Å². The van der Waals surface area contributed by atoms with E-state index in [1.165, 1.54) is 0 Å². The van der Waals surface area contributed by atoms with Crippen molar-refractivity contribution in [2.75, 3.05) is 23.3 Å². The van der Waals surface area contributed by atoms with Gasteiger partial charge < -0.3 is 19.9 Å². The predicted molar refractivity (Wildman–Crippen MR) is 159 cm³/mol. The lowest BCUT2D eigenvalue weighted by molar-refractivity contribution is -0.0172. The molecule has 3 aromatic carbocycles. The lowest BCUT2D eigenvalue weighted by Gasteiger charge is -2.36. The van der Waals surface area contributed by atoms with Crippen LogP contribution in [-0.4, -0.2) is 40.2 Å². The first-order valence-corrected chi connectivity index (χ1v) is 14.1. The molecule has 194 valence electrons. The van der Waals surface area contributed by atoms with E-state index in [-0.39, 0.29) is 12.2 Å². The fourth-order valence-corrected chi connectivity index (χ4v) is 6.12. The minimum absolute atomic E-state index is 0.200. The van der Waals surface area contributed by atoms with Crippen molar-refractivity contribution in [1.29, 1.82) is 0 Å². The highest BCUT2D eigenvalue weighted by atomic mass is 35.5. The number of imidazole rings is 1. The number of H-pyrrole nitrogens is 1. The van der Waals surface area contributed by atoms with Gasteiger partial charge in [-0.25, -0.2) is 9.97 Å². The van der Waals surface area contributed by atoms with Gasteiger partial charge in [0.15, 0.2) is 5.13 Å². The van der Waals surface area contributed by atoms with Gasteiger partial charge in [-0.05, 0) is 67.8 Å². The Morgan fingerprint density at radius 2 is 1.97 bits per heavy atom. The van der Waals surface area contributed by atoms with Gasteiger partial charge in [-0.1, -0.05) is 54.1 Å². The molecule has 2 aromatic heterocycles. The van der Waals surface area contributed by atoms with E-state index in [9.17, 15) is 0 Å². The van der Waals surface area contributed by atoms with Gasteiger partial charge in [0.05, 0.1) is 40.0 Å². The molecule has 0 radical (unpaired) electrons. The van der Waals surface area contributed by atoms with E-state index in [0.29, 0.717) is 0 Å². The first-order chi connectivity index (χ1) is 18.5. The Balaban J connectivity index is 1.28. The number of thiazole rings is 1. The molecule has 1 fully saturated rings. The van der Waals surface area contributed by atoms with Gasteiger partial charge in [0.1, 0.15) is 5.82 Å². The molecule has 0 aliphatic carbocycles. The topological polar surface area (TPSA) is 66.1 Å². The number of fused-ring (bicyclic) bond motifs is 1. The standard InChI is InChI=1S/C30H30ClN5OS/c1-4-23-17-36(16-19(3)37-23)30-35-26-7-5-6-25(28(26)38-30)33-22-13-8-18(2)24(14-22)29-32-15-27(34-29)20-9-11-21(31)12-10-20/h5-15,19,23,33H,4,16-17H2,1-3H3,(H,32,34)/t19-,23+/m0/s1. The molecule has 1 saturated heterocycles. The first-order valence-electron chi connectivity index (χ1n) is 13.0. The molecule has 0 amide bonds. The summed E-state index contributed by atoms with van der Waals surface area (Å²) in [6.45, 7) is 8.17. The molecule has 0 saturated carbocycles. The zero-order chi connectivity index (χ0) is 26.2. The molecule has 5 aromatic rings. The van der Waals surface area contributed by atoms with Crippen molar-refractivity contribution in [3.8, 4) is 22.6 Å². The molecular weight excluding hydrogens is 514 g/mol. The Kier molecular flexibility index (Phi) is 6.82. The molecule has 8 heteroatoms. The van der Waals surface area contributed by atoms with Gasteiger partial charge in [-0.2, -0.15) is 0 Å². The van der Waals surface area contributed by atoms with E-state index in [1.54, 1.807) is 11.3 Å². The summed E-state index contributed by atoms with van der Waals surface area (Å²) in [5.74, 6) is 0.835. The molecule has 0 unspecified atom stereocenters. The smallest absolute Gasteiger partial charge is 0.186 e. The lowest BCUT2D eigenvalue weighted by atomic mass is 10.1. The summed E-state index contributed by atoms with van der Waals surface area (Å²) in [5, 5.41) is 5.42. The van der Waals surface area contributed by atoms with Crippen molar-refractivity contribution in [3.05, 3.63) is 77.4 Å². The van der Waals surface area contributed by atoms with Gasteiger partial charge in [-0.15, -0.1) is 0 Å². The van der Waals surface area contributed by atoms with Gasteiger partial charge >= 0.3 is 0 Å². The van der Waals surface area contributed by atoms with Gasteiger partial charge in [-0.3, -0.25) is 0 Å². The minimum Gasteiger partial charge on any atom is -0.372 e. The predicted octanol–water partition coefficient (Wildman–Crippen LogP) is 8.06. The molecular formula is C30H30ClN5OS. The molecule has 2 atom stereocenters. The molecule has 1 aliphatic heterocycles. The quantitative estimate of drug-likeness (QED) is 0.227. The fraction of sp³-hybridized carbons (Fsp3) is 0.267. The van der Waals surface area contributed by atoms with Crippen LogP contribution in [0, 0.1) is 6.92 Å². The summed E-state index contributed by atoms with van der Waals surface area (Å²) >= 11 is 7.79. The largest absolute Gasteiger partial charge is 0.372 e. The fourth-order valence-electron chi connectivity index (χ4n) is 4.94. The number of ether oxygens (including phenoxy) is 1. The SMILES string of the molecule is CC[C@@H]1CN(c2nc3cccc(Nc4ccc(C)c(-c5ncc(-c6ccc(Cl)cc6)[nH]5)c4)c3s2)C[C@H](C)O1. The maximum absolute atomic E-state index is 6.06. The summed E-state index contributed by atoms with van der Waals surface area (Å²) in [5.41, 5.74) is 7.28. The van der Waals surface area contributed by atoms with Crippen LogP contribution in [0.3, 0.4) is 0 Å². The number of benzene rings is 3. The molecule has 6 rings (SSSR count). The number of hydrogen-bond donors (Lipinski definition) is 2. The van der Waals surface area contributed by atoms with E-state index >= 15 is 0 Å². The van der Waals surface area contributed by atoms with Crippen LogP contribution in [0.2, 0.25) is 5.02 Å². The molecule has 0 spiro atoms. The summed E-state index contributed by atoms with van der Waals surface area (Å²) < 4.78 is 7.22. The number of aromatic nitrogens is 3. The summed E-state index contributed by atoms with van der Waals surface area (Å²) in [6, 6.07) is 20.4. The Morgan fingerprint density at radius 1 is 1.13 bits per heavy atom. The summed E-state index contributed by atoms with van der Waals surface area (Å²) in [6.07, 6.45) is 3.32. The second-order valence-corrected chi connectivity index (χ2v) is 11.3. The summed E-state index contributed by atoms with van der Waals surface area (Å²) in [7, 11) is 0. The van der Waals surface area contributed by atoms with Gasteiger partial charge in [0, 0.05) is 29.4 Å². The Morgan fingerprint density at radius 3 is 2.79 bits per heavy atom. The van der Waals surface area contributed by atoms with Crippen molar-refractivity contribution >= 4 is 49.7 Å². The van der Waals surface area contributed by atoms with E-state index < -0.39 is 0 Å². The summed E-state index contributed by atoms with van der Waals surface area (Å²) in [4.78, 5) is 15.5. The number of aromatic amines is 1. The number of rotatable bonds is 6. The molecule has 38 heavy (non-hydrogen) atoms. The number of hydrogen-bond acceptors (Lipinski definition) is 6. The monoisotopic (exact) mass is 543 g/mol. The van der Waals surface area contributed by atoms with E-state index in [4.69, 9.17) is 21.3 Å². The van der Waals surface area contributed by atoms with E-state index in [1.807, 2.05) is 30.5 Å². The van der Waals surface area contributed by atoms with Crippen LogP contribution in [0.5, 0.6) is 0 Å².